The van der Waals surface area contributed by atoms with Crippen LogP contribution in [-0.2, 0) is 19.7 Å². The summed E-state index contributed by atoms with van der Waals surface area (Å²) in [5.41, 5.74) is 0.146. The number of hydrogen-bond donors (Lipinski definition) is 2. The van der Waals surface area contributed by atoms with Crippen molar-refractivity contribution >= 4 is 23.5 Å². The van der Waals surface area contributed by atoms with Gasteiger partial charge >= 0.3 is 5.97 Å². The van der Waals surface area contributed by atoms with Gasteiger partial charge in [-0.05, 0) is 71.1 Å². The lowest BCUT2D eigenvalue weighted by Crippen LogP contribution is -2.62. The van der Waals surface area contributed by atoms with Gasteiger partial charge in [0, 0.05) is 22.1 Å². The number of benzene rings is 1. The molecular weight excluding hydrogens is 388 g/mol. The number of ether oxygens (including phenoxy) is 1. The van der Waals surface area contributed by atoms with Crippen LogP contribution in [0.15, 0.2) is 24.3 Å². The summed E-state index contributed by atoms with van der Waals surface area (Å²) in [6.07, 6.45) is 5.11. The molecule has 5 nitrogen and oxygen atoms in total. The van der Waals surface area contributed by atoms with E-state index in [-0.39, 0.29) is 35.6 Å². The summed E-state index contributed by atoms with van der Waals surface area (Å²) in [7, 11) is 0. The average molecular weight is 421 g/mol. The molecule has 1 aliphatic heterocycles. The number of halogens is 1. The monoisotopic (exact) mass is 420 g/mol. The van der Waals surface area contributed by atoms with Gasteiger partial charge in [0.25, 0.3) is 5.91 Å². The second kappa shape index (κ2) is 8.27. The van der Waals surface area contributed by atoms with Crippen LogP contribution in [0.5, 0.6) is 0 Å². The minimum atomic E-state index is -0.663. The molecule has 0 aromatic heterocycles. The van der Waals surface area contributed by atoms with Gasteiger partial charge in [0.15, 0.2) is 6.61 Å². The Balaban J connectivity index is 1.60. The molecule has 1 saturated heterocycles. The van der Waals surface area contributed by atoms with E-state index in [1.165, 1.54) is 0 Å². The predicted molar refractivity (Wildman–Crippen MR) is 115 cm³/mol. The summed E-state index contributed by atoms with van der Waals surface area (Å²) in [5.74, 6) is -0.542. The molecule has 1 heterocycles. The van der Waals surface area contributed by atoms with Gasteiger partial charge < -0.3 is 15.4 Å². The fraction of sp³-hybridized carbons (Fsp3) is 0.652. The van der Waals surface area contributed by atoms with Gasteiger partial charge in [-0.25, -0.2) is 0 Å². The first-order valence-electron chi connectivity index (χ1n) is 10.5. The quantitative estimate of drug-likeness (QED) is 0.703. The van der Waals surface area contributed by atoms with Crippen molar-refractivity contribution in [3.63, 3.8) is 0 Å². The highest BCUT2D eigenvalue weighted by molar-refractivity contribution is 6.30. The van der Waals surface area contributed by atoms with Crippen LogP contribution >= 0.6 is 11.6 Å². The van der Waals surface area contributed by atoms with E-state index in [2.05, 4.69) is 38.3 Å². The van der Waals surface area contributed by atoms with Crippen LogP contribution in [0.3, 0.4) is 0 Å². The third kappa shape index (κ3) is 5.32. The van der Waals surface area contributed by atoms with E-state index in [1.54, 1.807) is 12.1 Å². The summed E-state index contributed by atoms with van der Waals surface area (Å²) in [6, 6.07) is 7.46. The maximum atomic E-state index is 13.0. The van der Waals surface area contributed by atoms with E-state index < -0.39 is 5.41 Å². The smallest absolute Gasteiger partial charge is 0.317 e. The molecule has 0 spiro atoms. The van der Waals surface area contributed by atoms with Crippen molar-refractivity contribution in [2.45, 2.75) is 88.8 Å². The van der Waals surface area contributed by atoms with Crippen molar-refractivity contribution in [1.82, 2.24) is 10.6 Å². The molecule has 1 aromatic carbocycles. The van der Waals surface area contributed by atoms with Crippen molar-refractivity contribution in [2.24, 2.45) is 0 Å². The molecule has 0 unspecified atom stereocenters. The second-order valence-electron chi connectivity index (χ2n) is 9.94. The molecule has 0 radical (unpaired) electrons. The summed E-state index contributed by atoms with van der Waals surface area (Å²) < 4.78 is 5.52. The third-order valence-corrected chi connectivity index (χ3v) is 6.39. The molecule has 1 aromatic rings. The van der Waals surface area contributed by atoms with Crippen molar-refractivity contribution < 1.29 is 14.3 Å². The lowest BCUT2D eigenvalue weighted by atomic mass is 9.79. The molecule has 0 atom stereocenters. The fourth-order valence-corrected chi connectivity index (χ4v) is 5.45. The number of carbonyl (C=O) groups excluding carboxylic acids is 2. The highest BCUT2D eigenvalue weighted by Gasteiger charge is 2.44. The van der Waals surface area contributed by atoms with Crippen LogP contribution in [0, 0.1) is 0 Å². The molecule has 2 N–H and O–H groups in total. The van der Waals surface area contributed by atoms with Crippen molar-refractivity contribution in [1.29, 1.82) is 0 Å². The molecule has 160 valence electrons. The Morgan fingerprint density at radius 3 is 2.17 bits per heavy atom. The van der Waals surface area contributed by atoms with Gasteiger partial charge in [-0.1, -0.05) is 36.6 Å². The van der Waals surface area contributed by atoms with Crippen LogP contribution in [0.4, 0.5) is 0 Å². The summed E-state index contributed by atoms with van der Waals surface area (Å²) in [4.78, 5) is 25.5. The maximum absolute atomic E-state index is 13.0. The first kappa shape index (κ1) is 22.1. The molecule has 2 fully saturated rings. The molecule has 0 bridgehead atoms. The molecule has 29 heavy (non-hydrogen) atoms. The number of carbonyl (C=O) groups is 2. The third-order valence-electron chi connectivity index (χ3n) is 6.13. The zero-order valence-electron chi connectivity index (χ0n) is 17.9. The highest BCUT2D eigenvalue weighted by Crippen LogP contribution is 2.42. The first-order valence-corrected chi connectivity index (χ1v) is 10.9. The number of esters is 1. The van der Waals surface area contributed by atoms with Crippen LogP contribution in [-0.4, -0.2) is 35.6 Å². The lowest BCUT2D eigenvalue weighted by molar-refractivity contribution is -0.154. The Labute approximate surface area is 178 Å². The van der Waals surface area contributed by atoms with Gasteiger partial charge in [-0.15, -0.1) is 0 Å². The largest absolute Gasteiger partial charge is 0.455 e. The van der Waals surface area contributed by atoms with Crippen LogP contribution in [0.25, 0.3) is 0 Å². The zero-order valence-corrected chi connectivity index (χ0v) is 18.7. The number of piperidine rings is 1. The van der Waals surface area contributed by atoms with Crippen molar-refractivity contribution in [3.8, 4) is 0 Å². The lowest BCUT2D eigenvalue weighted by Gasteiger charge is -2.46. The van der Waals surface area contributed by atoms with Gasteiger partial charge in [0.1, 0.15) is 0 Å². The number of nitrogens with one attached hydrogen (secondary N) is 2. The average Bonchev–Trinajstić information content (AvgIpc) is 3.08. The normalized spacial score (nSPS) is 22.8. The Hall–Kier alpha value is -1.59. The number of amides is 1. The minimum Gasteiger partial charge on any atom is -0.455 e. The van der Waals surface area contributed by atoms with E-state index in [4.69, 9.17) is 16.3 Å². The Morgan fingerprint density at radius 1 is 1.07 bits per heavy atom. The van der Waals surface area contributed by atoms with Crippen molar-refractivity contribution in [3.05, 3.63) is 34.9 Å². The van der Waals surface area contributed by atoms with E-state index >= 15 is 0 Å². The van der Waals surface area contributed by atoms with Gasteiger partial charge in [0.2, 0.25) is 0 Å². The maximum Gasteiger partial charge on any atom is 0.317 e. The van der Waals surface area contributed by atoms with Gasteiger partial charge in [0.05, 0.1) is 5.41 Å². The van der Waals surface area contributed by atoms with Crippen LogP contribution in [0.2, 0.25) is 5.02 Å². The van der Waals surface area contributed by atoms with Crippen LogP contribution in [0.1, 0.15) is 71.8 Å². The van der Waals surface area contributed by atoms with E-state index in [1.807, 2.05) is 12.1 Å². The predicted octanol–water partition coefficient (Wildman–Crippen LogP) is 4.12. The Bertz CT molecular complexity index is 736. The standard InChI is InChI=1S/C23H33ClN2O3/c1-21(2)13-18(14-22(3,4)26-21)25-19(27)15-29-20(28)23(11-5-6-12-23)16-7-9-17(24)10-8-16/h7-10,18,26H,5-6,11-15H2,1-4H3,(H,25,27). The number of rotatable bonds is 5. The molecule has 1 aliphatic carbocycles. The van der Waals surface area contributed by atoms with Crippen molar-refractivity contribution in [2.75, 3.05) is 6.61 Å². The fourth-order valence-electron chi connectivity index (χ4n) is 5.32. The highest BCUT2D eigenvalue weighted by atomic mass is 35.5. The van der Waals surface area contributed by atoms with E-state index in [0.717, 1.165) is 44.1 Å². The SMILES string of the molecule is CC1(C)CC(NC(=O)COC(=O)C2(c3ccc(Cl)cc3)CCCC2)CC(C)(C)N1. The second-order valence-corrected chi connectivity index (χ2v) is 10.4. The molecular formula is C23H33ClN2O3. The zero-order chi connectivity index (χ0) is 21.3. The molecule has 1 saturated carbocycles. The summed E-state index contributed by atoms with van der Waals surface area (Å²) >= 11 is 6.01. The van der Waals surface area contributed by atoms with Crippen LogP contribution < -0.4 is 10.6 Å². The van der Waals surface area contributed by atoms with E-state index in [9.17, 15) is 9.59 Å². The summed E-state index contributed by atoms with van der Waals surface area (Å²) in [6.45, 7) is 8.33. The van der Waals surface area contributed by atoms with Gasteiger partial charge in [-0.2, -0.15) is 0 Å². The molecule has 6 heteroatoms. The number of hydrogen-bond acceptors (Lipinski definition) is 4. The Kier molecular flexibility index (Phi) is 6.30. The first-order chi connectivity index (χ1) is 13.5. The van der Waals surface area contributed by atoms with E-state index in [0.29, 0.717) is 5.02 Å². The molecule has 1 amide bonds. The molecule has 2 aliphatic rings. The molecule has 3 rings (SSSR count). The Morgan fingerprint density at radius 2 is 1.62 bits per heavy atom. The summed E-state index contributed by atoms with van der Waals surface area (Å²) in [5, 5.41) is 7.31. The van der Waals surface area contributed by atoms with Gasteiger partial charge in [-0.3, -0.25) is 9.59 Å². The topological polar surface area (TPSA) is 67.4 Å². The minimum absolute atomic E-state index is 0.0567.